The lowest BCUT2D eigenvalue weighted by Gasteiger charge is -2.05. The van der Waals surface area contributed by atoms with Gasteiger partial charge in [-0.05, 0) is 18.1 Å². The second-order valence-electron chi connectivity index (χ2n) is 3.08. The first-order chi connectivity index (χ1) is 6.24. The Labute approximate surface area is 77.4 Å². The quantitative estimate of drug-likeness (QED) is 0.751. The molecule has 1 atom stereocenters. The third-order valence-corrected chi connectivity index (χ3v) is 1.89. The number of hydrogen-bond acceptors (Lipinski definition) is 3. The third kappa shape index (κ3) is 3.03. The summed E-state index contributed by atoms with van der Waals surface area (Å²) >= 11 is 0. The van der Waals surface area contributed by atoms with Crippen molar-refractivity contribution in [3.05, 3.63) is 24.2 Å². The van der Waals surface area contributed by atoms with E-state index in [-0.39, 0.29) is 12.2 Å². The molecule has 0 aliphatic rings. The van der Waals surface area contributed by atoms with Crippen LogP contribution in [0.25, 0.3) is 0 Å². The fraction of sp³-hybridized carbons (Fsp3) is 0.500. The zero-order valence-electron chi connectivity index (χ0n) is 7.69. The van der Waals surface area contributed by atoms with Crippen molar-refractivity contribution in [1.82, 2.24) is 0 Å². The highest BCUT2D eigenvalue weighted by Crippen LogP contribution is 2.05. The predicted molar refractivity (Wildman–Crippen MR) is 48.3 cm³/mol. The van der Waals surface area contributed by atoms with Gasteiger partial charge in [0.2, 0.25) is 0 Å². The number of furan rings is 1. The first-order valence-corrected chi connectivity index (χ1v) is 4.46. The Hall–Kier alpha value is -1.09. The molecule has 72 valence electrons. The van der Waals surface area contributed by atoms with Gasteiger partial charge in [0.1, 0.15) is 6.10 Å². The van der Waals surface area contributed by atoms with Crippen LogP contribution in [0.1, 0.15) is 25.3 Å². The van der Waals surface area contributed by atoms with Crippen LogP contribution in [0.15, 0.2) is 23.0 Å². The van der Waals surface area contributed by atoms with Crippen LogP contribution in [-0.4, -0.2) is 17.0 Å². The van der Waals surface area contributed by atoms with E-state index in [2.05, 4.69) is 0 Å². The smallest absolute Gasteiger partial charge is 0.165 e. The van der Waals surface area contributed by atoms with Crippen LogP contribution in [0.4, 0.5) is 0 Å². The number of Topliss-reactive ketones (excluding diaryl/α,β-unsaturated/α-hetero) is 1. The fourth-order valence-electron chi connectivity index (χ4n) is 1.15. The van der Waals surface area contributed by atoms with E-state index in [4.69, 9.17) is 4.42 Å². The molecule has 0 radical (unpaired) electrons. The molecule has 0 bridgehead atoms. The van der Waals surface area contributed by atoms with Gasteiger partial charge in [-0.15, -0.1) is 0 Å². The second kappa shape index (κ2) is 4.82. The first-order valence-electron chi connectivity index (χ1n) is 4.46. The van der Waals surface area contributed by atoms with Gasteiger partial charge in [0, 0.05) is 6.42 Å². The van der Waals surface area contributed by atoms with E-state index in [1.54, 1.807) is 6.07 Å². The van der Waals surface area contributed by atoms with E-state index >= 15 is 0 Å². The second-order valence-corrected chi connectivity index (χ2v) is 3.08. The summed E-state index contributed by atoms with van der Waals surface area (Å²) in [6.07, 6.45) is 3.85. The molecule has 0 saturated carbocycles. The molecule has 0 spiro atoms. The number of rotatable bonds is 5. The highest BCUT2D eigenvalue weighted by Gasteiger charge is 2.14. The van der Waals surface area contributed by atoms with E-state index < -0.39 is 6.10 Å². The van der Waals surface area contributed by atoms with Gasteiger partial charge < -0.3 is 9.52 Å². The molecule has 0 aliphatic carbocycles. The van der Waals surface area contributed by atoms with Crippen molar-refractivity contribution >= 4 is 5.78 Å². The summed E-state index contributed by atoms with van der Waals surface area (Å²) in [5.41, 5.74) is 0.820. The number of carbonyl (C=O) groups is 1. The van der Waals surface area contributed by atoms with Gasteiger partial charge in [-0.25, -0.2) is 0 Å². The molecular formula is C10H14O3. The molecule has 13 heavy (non-hydrogen) atoms. The van der Waals surface area contributed by atoms with Crippen molar-refractivity contribution in [2.24, 2.45) is 0 Å². The minimum atomic E-state index is -0.820. The van der Waals surface area contributed by atoms with E-state index in [1.165, 1.54) is 12.5 Å². The zero-order valence-corrected chi connectivity index (χ0v) is 7.69. The molecule has 0 saturated heterocycles. The lowest BCUT2D eigenvalue weighted by molar-refractivity contribution is -0.126. The lowest BCUT2D eigenvalue weighted by Crippen LogP contribution is -2.21. The van der Waals surface area contributed by atoms with Crippen molar-refractivity contribution in [3.63, 3.8) is 0 Å². The molecule has 3 heteroatoms. The molecule has 1 aromatic rings. The molecule has 1 N–H and O–H groups in total. The standard InChI is InChI=1S/C10H14O3/c1-2-3-9(11)10(12)6-8-4-5-13-7-8/h4-5,7,9,11H,2-3,6H2,1H3. The topological polar surface area (TPSA) is 50.4 Å². The van der Waals surface area contributed by atoms with E-state index in [0.717, 1.165) is 12.0 Å². The van der Waals surface area contributed by atoms with Gasteiger partial charge in [-0.3, -0.25) is 4.79 Å². The third-order valence-electron chi connectivity index (χ3n) is 1.89. The molecule has 0 aliphatic heterocycles. The summed E-state index contributed by atoms with van der Waals surface area (Å²) in [5, 5.41) is 9.34. The molecule has 1 rings (SSSR count). The summed E-state index contributed by atoms with van der Waals surface area (Å²) in [4.78, 5) is 11.3. The number of aliphatic hydroxyl groups excluding tert-OH is 1. The first kappa shape index (κ1) is 9.99. The SMILES string of the molecule is CCCC(O)C(=O)Cc1ccoc1. The summed E-state index contributed by atoms with van der Waals surface area (Å²) in [5.74, 6) is -0.136. The largest absolute Gasteiger partial charge is 0.472 e. The van der Waals surface area contributed by atoms with Crippen LogP contribution in [0, 0.1) is 0 Å². The van der Waals surface area contributed by atoms with Crippen LogP contribution >= 0.6 is 0 Å². The average Bonchev–Trinajstić information content (AvgIpc) is 2.57. The number of hydrogen-bond donors (Lipinski definition) is 1. The molecule has 1 unspecified atom stereocenters. The predicted octanol–water partition coefficient (Wildman–Crippen LogP) is 1.55. The van der Waals surface area contributed by atoms with Gasteiger partial charge in [0.15, 0.2) is 5.78 Å². The monoisotopic (exact) mass is 182 g/mol. The Balaban J connectivity index is 2.41. The van der Waals surface area contributed by atoms with Gasteiger partial charge in [-0.1, -0.05) is 13.3 Å². The maximum absolute atomic E-state index is 11.3. The highest BCUT2D eigenvalue weighted by molar-refractivity contribution is 5.84. The van der Waals surface area contributed by atoms with Crippen LogP contribution in [0.5, 0.6) is 0 Å². The Kier molecular flexibility index (Phi) is 3.71. The summed E-state index contributed by atoms with van der Waals surface area (Å²) in [7, 11) is 0. The molecule has 1 aromatic heterocycles. The summed E-state index contributed by atoms with van der Waals surface area (Å²) < 4.78 is 4.82. The van der Waals surface area contributed by atoms with Gasteiger partial charge in [-0.2, -0.15) is 0 Å². The Morgan fingerprint density at radius 3 is 3.00 bits per heavy atom. The summed E-state index contributed by atoms with van der Waals surface area (Å²) in [6.45, 7) is 1.94. The van der Waals surface area contributed by atoms with Crippen molar-refractivity contribution in [2.75, 3.05) is 0 Å². The Morgan fingerprint density at radius 1 is 1.69 bits per heavy atom. The fourth-order valence-corrected chi connectivity index (χ4v) is 1.15. The van der Waals surface area contributed by atoms with Crippen LogP contribution < -0.4 is 0 Å². The van der Waals surface area contributed by atoms with Crippen LogP contribution in [0.3, 0.4) is 0 Å². The van der Waals surface area contributed by atoms with Gasteiger partial charge in [0.05, 0.1) is 12.5 Å². The minimum Gasteiger partial charge on any atom is -0.472 e. The molecule has 0 amide bonds. The van der Waals surface area contributed by atoms with Crippen molar-refractivity contribution in [3.8, 4) is 0 Å². The highest BCUT2D eigenvalue weighted by atomic mass is 16.3. The van der Waals surface area contributed by atoms with Crippen molar-refractivity contribution < 1.29 is 14.3 Å². The Bertz CT molecular complexity index is 251. The summed E-state index contributed by atoms with van der Waals surface area (Å²) in [6, 6.07) is 1.73. The van der Waals surface area contributed by atoms with E-state index in [9.17, 15) is 9.90 Å². The molecule has 0 aromatic carbocycles. The zero-order chi connectivity index (χ0) is 9.68. The molecule has 0 fully saturated rings. The maximum Gasteiger partial charge on any atom is 0.165 e. The van der Waals surface area contributed by atoms with Crippen LogP contribution in [-0.2, 0) is 11.2 Å². The Morgan fingerprint density at radius 2 is 2.46 bits per heavy atom. The molecule has 3 nitrogen and oxygen atoms in total. The van der Waals surface area contributed by atoms with Crippen molar-refractivity contribution in [1.29, 1.82) is 0 Å². The average molecular weight is 182 g/mol. The number of aliphatic hydroxyl groups is 1. The van der Waals surface area contributed by atoms with Crippen LogP contribution in [0.2, 0.25) is 0 Å². The minimum absolute atomic E-state index is 0.136. The lowest BCUT2D eigenvalue weighted by atomic mass is 10.1. The van der Waals surface area contributed by atoms with Gasteiger partial charge in [0.25, 0.3) is 0 Å². The van der Waals surface area contributed by atoms with E-state index in [1.807, 2.05) is 6.92 Å². The van der Waals surface area contributed by atoms with E-state index in [0.29, 0.717) is 6.42 Å². The van der Waals surface area contributed by atoms with Crippen molar-refractivity contribution in [2.45, 2.75) is 32.3 Å². The molecular weight excluding hydrogens is 168 g/mol. The normalized spacial score (nSPS) is 12.8. The maximum atomic E-state index is 11.3. The number of ketones is 1. The van der Waals surface area contributed by atoms with Gasteiger partial charge >= 0.3 is 0 Å². The number of carbonyl (C=O) groups excluding carboxylic acids is 1. The molecule has 1 heterocycles.